The number of thiophene rings is 3. The second-order valence-corrected chi connectivity index (χ2v) is 16.0. The summed E-state index contributed by atoms with van der Waals surface area (Å²) in [5.74, 6) is 0. The molecule has 3 aromatic heterocycles. The van der Waals surface area contributed by atoms with Gasteiger partial charge in [-0.1, -0.05) is 103 Å². The van der Waals surface area contributed by atoms with Crippen LogP contribution in [0.25, 0.3) is 105 Å². The lowest BCUT2D eigenvalue weighted by atomic mass is 9.95. The van der Waals surface area contributed by atoms with Crippen LogP contribution in [-0.2, 0) is 0 Å². The highest BCUT2D eigenvalue weighted by Gasteiger charge is 2.15. The van der Waals surface area contributed by atoms with E-state index in [1.165, 1.54) is 105 Å². The molecule has 0 amide bonds. The van der Waals surface area contributed by atoms with Gasteiger partial charge in [-0.05, 0) is 114 Å². The van der Waals surface area contributed by atoms with Crippen molar-refractivity contribution in [2.75, 3.05) is 0 Å². The van der Waals surface area contributed by atoms with Crippen LogP contribution >= 0.6 is 34.0 Å². The van der Waals surface area contributed by atoms with Gasteiger partial charge >= 0.3 is 0 Å². The predicted molar refractivity (Wildman–Crippen MR) is 219 cm³/mol. The molecule has 0 saturated heterocycles. The van der Waals surface area contributed by atoms with E-state index in [9.17, 15) is 0 Å². The van der Waals surface area contributed by atoms with Gasteiger partial charge in [0.2, 0.25) is 0 Å². The van der Waals surface area contributed by atoms with Gasteiger partial charge in [-0.3, -0.25) is 0 Å². The first-order valence-electron chi connectivity index (χ1n) is 16.5. The summed E-state index contributed by atoms with van der Waals surface area (Å²) in [5.41, 5.74) is 7.57. The summed E-state index contributed by atoms with van der Waals surface area (Å²) in [6, 6.07) is 56.6. The number of hydrogen-bond acceptors (Lipinski definition) is 3. The zero-order chi connectivity index (χ0) is 32.1. The summed E-state index contributed by atoms with van der Waals surface area (Å²) in [4.78, 5) is 0. The average Bonchev–Trinajstić information content (AvgIpc) is 3.84. The molecule has 11 rings (SSSR count). The average molecular weight is 675 g/mol. The van der Waals surface area contributed by atoms with Crippen molar-refractivity contribution in [1.82, 2.24) is 0 Å². The minimum Gasteiger partial charge on any atom is -0.143 e. The second-order valence-electron chi connectivity index (χ2n) is 13.0. The van der Waals surface area contributed by atoms with Crippen molar-refractivity contribution in [2.45, 2.75) is 0 Å². The van der Waals surface area contributed by atoms with Gasteiger partial charge in [-0.2, -0.15) is 0 Å². The number of hydrogen-bond donors (Lipinski definition) is 0. The lowest BCUT2D eigenvalue weighted by Crippen LogP contribution is -1.83. The zero-order valence-corrected chi connectivity index (χ0v) is 28.7. The third kappa shape index (κ3) is 4.40. The van der Waals surface area contributed by atoms with Crippen LogP contribution in [0.1, 0.15) is 0 Å². The van der Waals surface area contributed by atoms with Crippen molar-refractivity contribution in [3.8, 4) is 33.4 Å². The van der Waals surface area contributed by atoms with Crippen LogP contribution in [0.15, 0.2) is 157 Å². The maximum Gasteiger partial charge on any atom is 0.0542 e. The molecule has 0 radical (unpaired) electrons. The van der Waals surface area contributed by atoms with Gasteiger partial charge in [0.25, 0.3) is 0 Å². The van der Waals surface area contributed by atoms with Crippen molar-refractivity contribution in [3.05, 3.63) is 157 Å². The quantitative estimate of drug-likeness (QED) is 0.175. The van der Waals surface area contributed by atoms with Crippen molar-refractivity contribution in [1.29, 1.82) is 0 Å². The highest BCUT2D eigenvalue weighted by Crippen LogP contribution is 2.46. The molecule has 3 heterocycles. The largest absolute Gasteiger partial charge is 0.143 e. The van der Waals surface area contributed by atoms with Gasteiger partial charge in [0.15, 0.2) is 0 Å². The SMILES string of the molecule is c1ccc2cc3c(cc2c1)sc1c2cc4ccc(-c5ccc6cc(-c7ccc(-c8csc9ccccc89)cc7)ccc6c5)cc4cc2sc31. The number of fused-ring (bicyclic) bond motifs is 9. The predicted octanol–water partition coefficient (Wildman–Crippen LogP) is 14.9. The fourth-order valence-corrected chi connectivity index (χ4v) is 11.2. The topological polar surface area (TPSA) is 0 Å². The molecule has 0 unspecified atom stereocenters. The lowest BCUT2D eigenvalue weighted by Gasteiger charge is -2.09. The van der Waals surface area contributed by atoms with E-state index in [0.717, 1.165) is 0 Å². The molecule has 0 saturated carbocycles. The van der Waals surface area contributed by atoms with Gasteiger partial charge in [0, 0.05) is 35.8 Å². The first-order valence-corrected chi connectivity index (χ1v) is 19.1. The van der Waals surface area contributed by atoms with Crippen LogP contribution in [0, 0.1) is 0 Å². The summed E-state index contributed by atoms with van der Waals surface area (Å²) in [5, 5.41) is 14.1. The van der Waals surface area contributed by atoms with Crippen LogP contribution in [0.3, 0.4) is 0 Å². The lowest BCUT2D eigenvalue weighted by molar-refractivity contribution is 1.63. The minimum absolute atomic E-state index is 1.24. The molecule has 49 heavy (non-hydrogen) atoms. The Morgan fingerprint density at radius 2 is 0.776 bits per heavy atom. The zero-order valence-electron chi connectivity index (χ0n) is 26.2. The minimum atomic E-state index is 1.24. The van der Waals surface area contributed by atoms with Crippen molar-refractivity contribution in [2.24, 2.45) is 0 Å². The molecule has 11 aromatic rings. The molecule has 0 fully saturated rings. The molecule has 0 aliphatic heterocycles. The number of benzene rings is 8. The van der Waals surface area contributed by atoms with E-state index in [4.69, 9.17) is 0 Å². The van der Waals surface area contributed by atoms with E-state index in [0.29, 0.717) is 0 Å². The maximum absolute atomic E-state index is 2.40. The van der Waals surface area contributed by atoms with Crippen molar-refractivity contribution >= 4 is 106 Å². The van der Waals surface area contributed by atoms with Crippen LogP contribution in [-0.4, -0.2) is 0 Å². The monoisotopic (exact) mass is 674 g/mol. The summed E-state index contributed by atoms with van der Waals surface area (Å²) in [6.45, 7) is 0. The van der Waals surface area contributed by atoms with Gasteiger partial charge in [-0.25, -0.2) is 0 Å². The summed E-state index contributed by atoms with van der Waals surface area (Å²) in [6.07, 6.45) is 0. The molecule has 0 spiro atoms. The summed E-state index contributed by atoms with van der Waals surface area (Å²) in [7, 11) is 0. The molecule has 0 nitrogen and oxygen atoms in total. The molecule has 8 aromatic carbocycles. The molecule has 0 atom stereocenters. The maximum atomic E-state index is 2.40. The van der Waals surface area contributed by atoms with E-state index in [2.05, 4.69) is 157 Å². The fourth-order valence-electron chi connectivity index (χ4n) is 7.52. The third-order valence-electron chi connectivity index (χ3n) is 10.1. The Bertz CT molecular complexity index is 3100. The van der Waals surface area contributed by atoms with E-state index in [-0.39, 0.29) is 0 Å². The smallest absolute Gasteiger partial charge is 0.0542 e. The normalized spacial score (nSPS) is 12.1. The van der Waals surface area contributed by atoms with Crippen LogP contribution in [0.4, 0.5) is 0 Å². The molecular weight excluding hydrogens is 649 g/mol. The van der Waals surface area contributed by atoms with E-state index in [1.807, 2.05) is 34.0 Å². The summed E-state index contributed by atoms with van der Waals surface area (Å²) >= 11 is 5.68. The van der Waals surface area contributed by atoms with Crippen molar-refractivity contribution in [3.63, 3.8) is 0 Å². The first kappa shape index (κ1) is 27.6. The first-order chi connectivity index (χ1) is 24.2. The van der Waals surface area contributed by atoms with Gasteiger partial charge in [-0.15, -0.1) is 34.0 Å². The molecule has 3 heteroatoms. The highest BCUT2D eigenvalue weighted by molar-refractivity contribution is 7.36. The Morgan fingerprint density at radius 3 is 1.45 bits per heavy atom. The van der Waals surface area contributed by atoms with Crippen LogP contribution < -0.4 is 0 Å². The van der Waals surface area contributed by atoms with Crippen LogP contribution in [0.5, 0.6) is 0 Å². The van der Waals surface area contributed by atoms with E-state index < -0.39 is 0 Å². The molecular formula is C46H26S3. The Hall–Kier alpha value is -5.32. The molecule has 0 bridgehead atoms. The Kier molecular flexibility index (Phi) is 5.97. The molecule has 0 N–H and O–H groups in total. The Labute approximate surface area is 294 Å². The van der Waals surface area contributed by atoms with E-state index >= 15 is 0 Å². The van der Waals surface area contributed by atoms with Gasteiger partial charge in [0.1, 0.15) is 0 Å². The number of rotatable bonds is 3. The van der Waals surface area contributed by atoms with Gasteiger partial charge < -0.3 is 0 Å². The standard InChI is InChI=1S/C46H26S3/c1-2-6-30-24-43-39(22-29(30)5-1)45-46(48-43)40-23-36-18-17-35(21-37(36)25-44(40)49-45)34-16-15-32-19-31(13-14-33(32)20-34)27-9-11-28(12-10-27)41-26-47-42-8-4-3-7-38(41)42/h1-26H. The Balaban J connectivity index is 0.926. The molecule has 228 valence electrons. The second kappa shape index (κ2) is 10.6. The van der Waals surface area contributed by atoms with Gasteiger partial charge in [0.05, 0.1) is 9.40 Å². The fraction of sp³-hybridized carbons (Fsp3) is 0. The summed E-state index contributed by atoms with van der Waals surface area (Å²) < 4.78 is 6.90. The molecule has 0 aliphatic rings. The highest BCUT2D eigenvalue weighted by atomic mass is 32.1. The van der Waals surface area contributed by atoms with Crippen molar-refractivity contribution < 1.29 is 0 Å². The van der Waals surface area contributed by atoms with Crippen LogP contribution in [0.2, 0.25) is 0 Å². The molecule has 0 aliphatic carbocycles. The Morgan fingerprint density at radius 1 is 0.306 bits per heavy atom. The van der Waals surface area contributed by atoms with E-state index in [1.54, 1.807) is 0 Å². The third-order valence-corrected chi connectivity index (χ3v) is 13.6.